The first-order valence-corrected chi connectivity index (χ1v) is 7.48. The second kappa shape index (κ2) is 6.49. The number of carbonyl (C=O) groups is 2. The molecule has 0 saturated heterocycles. The molecule has 0 aliphatic heterocycles. The van der Waals surface area contributed by atoms with Crippen LogP contribution in [0.25, 0.3) is 0 Å². The van der Waals surface area contributed by atoms with E-state index < -0.39 is 34.4 Å². The summed E-state index contributed by atoms with van der Waals surface area (Å²) in [5.41, 5.74) is 0.166. The summed E-state index contributed by atoms with van der Waals surface area (Å²) >= 11 is 0. The molecule has 1 rings (SSSR count). The van der Waals surface area contributed by atoms with Gasteiger partial charge in [-0.05, 0) is 24.3 Å². The fourth-order valence-electron chi connectivity index (χ4n) is 1.42. The Morgan fingerprint density at radius 1 is 1.30 bits per heavy atom. The number of aliphatic hydroxyl groups excluding tert-OH is 1. The molecule has 0 aliphatic carbocycles. The van der Waals surface area contributed by atoms with Crippen molar-refractivity contribution in [1.29, 1.82) is 0 Å². The Morgan fingerprint density at radius 2 is 1.85 bits per heavy atom. The maximum absolute atomic E-state index is 11.8. The first-order valence-electron chi connectivity index (χ1n) is 5.59. The topological polar surface area (TPSA) is 110 Å². The summed E-state index contributed by atoms with van der Waals surface area (Å²) in [7, 11) is -2.20. The zero-order valence-electron chi connectivity index (χ0n) is 11.0. The van der Waals surface area contributed by atoms with Crippen molar-refractivity contribution >= 4 is 21.7 Å². The van der Waals surface area contributed by atoms with Crippen LogP contribution in [-0.2, 0) is 19.4 Å². The highest BCUT2D eigenvalue weighted by atomic mass is 32.2. The summed E-state index contributed by atoms with van der Waals surface area (Å²) in [6, 6.07) is 4.05. The van der Waals surface area contributed by atoms with Crippen LogP contribution >= 0.6 is 0 Å². The molecule has 0 saturated carbocycles. The number of aliphatic hydroxyl groups is 1. The summed E-state index contributed by atoms with van der Waals surface area (Å²) in [5, 5.41) is 11.3. The standard InChI is InChI=1S/C12H15NO6S/c1-19-12(16)10(7-14)13-11(15)8-3-5-9(6-4-8)20(2,17)18/h3-6,10,14H,7H2,1-2H3,(H,13,15). The molecule has 0 aromatic heterocycles. The Labute approximate surface area is 116 Å². The van der Waals surface area contributed by atoms with E-state index in [4.69, 9.17) is 5.11 Å². The van der Waals surface area contributed by atoms with Crippen molar-refractivity contribution in [1.82, 2.24) is 5.32 Å². The van der Waals surface area contributed by atoms with E-state index in [0.717, 1.165) is 13.4 Å². The molecule has 1 unspecified atom stereocenters. The third-order valence-electron chi connectivity index (χ3n) is 2.52. The van der Waals surface area contributed by atoms with Crippen molar-refractivity contribution in [2.45, 2.75) is 10.9 Å². The van der Waals surface area contributed by atoms with Gasteiger partial charge in [0.05, 0.1) is 18.6 Å². The molecular formula is C12H15NO6S. The lowest BCUT2D eigenvalue weighted by Crippen LogP contribution is -2.44. The minimum atomic E-state index is -3.34. The average Bonchev–Trinajstić information content (AvgIpc) is 2.42. The predicted molar refractivity (Wildman–Crippen MR) is 69.9 cm³/mol. The van der Waals surface area contributed by atoms with Gasteiger partial charge < -0.3 is 15.2 Å². The van der Waals surface area contributed by atoms with Gasteiger partial charge in [-0.3, -0.25) is 4.79 Å². The molecule has 20 heavy (non-hydrogen) atoms. The van der Waals surface area contributed by atoms with Crippen molar-refractivity contribution in [2.75, 3.05) is 20.0 Å². The van der Waals surface area contributed by atoms with Crippen LogP contribution in [0.15, 0.2) is 29.2 Å². The molecule has 7 nitrogen and oxygen atoms in total. The van der Waals surface area contributed by atoms with E-state index in [2.05, 4.69) is 10.1 Å². The Morgan fingerprint density at radius 3 is 2.25 bits per heavy atom. The average molecular weight is 301 g/mol. The fraction of sp³-hybridized carbons (Fsp3) is 0.333. The van der Waals surface area contributed by atoms with Crippen LogP contribution in [0, 0.1) is 0 Å². The molecule has 0 aliphatic rings. The Bertz CT molecular complexity index is 593. The number of sulfone groups is 1. The maximum Gasteiger partial charge on any atom is 0.330 e. The normalized spacial score (nSPS) is 12.6. The molecule has 1 amide bonds. The van der Waals surface area contributed by atoms with Gasteiger partial charge in [0.15, 0.2) is 15.9 Å². The quantitative estimate of drug-likeness (QED) is 0.700. The molecule has 0 radical (unpaired) electrons. The zero-order valence-corrected chi connectivity index (χ0v) is 11.8. The molecule has 8 heteroatoms. The molecule has 0 fully saturated rings. The van der Waals surface area contributed by atoms with Gasteiger partial charge in [-0.25, -0.2) is 13.2 Å². The monoisotopic (exact) mass is 301 g/mol. The summed E-state index contributed by atoms with van der Waals surface area (Å²) < 4.78 is 27.0. The van der Waals surface area contributed by atoms with Crippen molar-refractivity contribution < 1.29 is 27.9 Å². The number of esters is 1. The van der Waals surface area contributed by atoms with Crippen LogP contribution in [0.5, 0.6) is 0 Å². The van der Waals surface area contributed by atoms with Gasteiger partial charge >= 0.3 is 5.97 Å². The Balaban J connectivity index is 2.85. The summed E-state index contributed by atoms with van der Waals surface area (Å²) in [6.45, 7) is -0.597. The van der Waals surface area contributed by atoms with Crippen LogP contribution in [0.4, 0.5) is 0 Å². The van der Waals surface area contributed by atoms with E-state index in [1.807, 2.05) is 0 Å². The molecular weight excluding hydrogens is 286 g/mol. The zero-order chi connectivity index (χ0) is 15.3. The third kappa shape index (κ3) is 4.04. The highest BCUT2D eigenvalue weighted by molar-refractivity contribution is 7.90. The lowest BCUT2D eigenvalue weighted by molar-refractivity contribution is -0.143. The first kappa shape index (κ1) is 16.1. The Kier molecular flexibility index (Phi) is 5.23. The third-order valence-corrected chi connectivity index (χ3v) is 3.65. The number of nitrogens with one attached hydrogen (secondary N) is 1. The molecule has 110 valence electrons. The number of hydrogen-bond donors (Lipinski definition) is 2. The van der Waals surface area contributed by atoms with Crippen LogP contribution in [0.3, 0.4) is 0 Å². The molecule has 2 N–H and O–H groups in total. The van der Waals surface area contributed by atoms with E-state index in [9.17, 15) is 18.0 Å². The van der Waals surface area contributed by atoms with E-state index in [0.29, 0.717) is 0 Å². The van der Waals surface area contributed by atoms with Crippen LogP contribution in [0.1, 0.15) is 10.4 Å². The molecule has 0 bridgehead atoms. The molecule has 1 aromatic carbocycles. The van der Waals surface area contributed by atoms with Crippen LogP contribution in [0.2, 0.25) is 0 Å². The number of methoxy groups -OCH3 is 1. The highest BCUT2D eigenvalue weighted by Crippen LogP contribution is 2.10. The van der Waals surface area contributed by atoms with Gasteiger partial charge in [0.2, 0.25) is 0 Å². The van der Waals surface area contributed by atoms with Gasteiger partial charge in [0.25, 0.3) is 5.91 Å². The van der Waals surface area contributed by atoms with E-state index in [1.54, 1.807) is 0 Å². The summed E-state index contributed by atoms with van der Waals surface area (Å²) in [6.07, 6.45) is 1.06. The smallest absolute Gasteiger partial charge is 0.330 e. The van der Waals surface area contributed by atoms with Gasteiger partial charge in [-0.2, -0.15) is 0 Å². The van der Waals surface area contributed by atoms with Gasteiger partial charge in [0, 0.05) is 11.8 Å². The van der Waals surface area contributed by atoms with Gasteiger partial charge in [-0.1, -0.05) is 0 Å². The van der Waals surface area contributed by atoms with Crippen LogP contribution < -0.4 is 5.32 Å². The van der Waals surface area contributed by atoms with E-state index >= 15 is 0 Å². The minimum absolute atomic E-state index is 0.0840. The number of rotatable bonds is 5. The SMILES string of the molecule is COC(=O)C(CO)NC(=O)c1ccc(S(C)(=O)=O)cc1. The lowest BCUT2D eigenvalue weighted by Gasteiger charge is -2.13. The van der Waals surface area contributed by atoms with Gasteiger partial charge in [-0.15, -0.1) is 0 Å². The number of ether oxygens (including phenoxy) is 1. The second-order valence-electron chi connectivity index (χ2n) is 4.03. The highest BCUT2D eigenvalue weighted by Gasteiger charge is 2.21. The fourth-order valence-corrected chi connectivity index (χ4v) is 2.05. The first-order chi connectivity index (χ1) is 9.29. The van der Waals surface area contributed by atoms with Crippen molar-refractivity contribution in [2.24, 2.45) is 0 Å². The van der Waals surface area contributed by atoms with Gasteiger partial charge in [0.1, 0.15) is 0 Å². The molecule has 1 atom stereocenters. The number of amides is 1. The molecule has 0 spiro atoms. The predicted octanol–water partition coefficient (Wildman–Crippen LogP) is -0.646. The largest absolute Gasteiger partial charge is 0.467 e. The molecule has 0 heterocycles. The second-order valence-corrected chi connectivity index (χ2v) is 6.04. The van der Waals surface area contributed by atoms with Crippen LogP contribution in [-0.4, -0.2) is 51.4 Å². The lowest BCUT2D eigenvalue weighted by atomic mass is 10.2. The minimum Gasteiger partial charge on any atom is -0.467 e. The number of carbonyl (C=O) groups excluding carboxylic acids is 2. The summed E-state index contributed by atoms with van der Waals surface area (Å²) in [4.78, 5) is 23.1. The maximum atomic E-state index is 11.8. The number of hydrogen-bond acceptors (Lipinski definition) is 6. The van der Waals surface area contributed by atoms with Crippen molar-refractivity contribution in [3.05, 3.63) is 29.8 Å². The van der Waals surface area contributed by atoms with E-state index in [-0.39, 0.29) is 10.5 Å². The van der Waals surface area contributed by atoms with Crippen molar-refractivity contribution in [3.63, 3.8) is 0 Å². The number of benzene rings is 1. The van der Waals surface area contributed by atoms with E-state index in [1.165, 1.54) is 24.3 Å². The molecule has 1 aromatic rings. The summed E-state index contributed by atoms with van der Waals surface area (Å²) in [5.74, 6) is -1.39. The van der Waals surface area contributed by atoms with Crippen molar-refractivity contribution in [3.8, 4) is 0 Å². The Hall–Kier alpha value is -1.93.